The molecular weight excluding hydrogens is 1130 g/mol. The van der Waals surface area contributed by atoms with E-state index in [9.17, 15) is 33.6 Å². The van der Waals surface area contributed by atoms with E-state index in [-0.39, 0.29) is 144 Å². The maximum atomic E-state index is 13.8. The lowest BCUT2D eigenvalue weighted by Crippen LogP contribution is -2.59. The molecule has 0 aromatic carbocycles. The molecule has 6 rings (SSSR count). The number of rotatable bonds is 30. The topological polar surface area (TPSA) is 332 Å². The van der Waals surface area contributed by atoms with Gasteiger partial charge in [-0.25, -0.2) is 4.79 Å². The standard InChI is InChI=1S/C59H100N6O21/c1-31-43(77-52-49(46(31)74-13)80-57(7,8)83-52)34(63-41(70)20-17-29-61-39(68)27-24-36(65-55(73)86-56(4,5)6)45-33(3)48(76-15)51-54(79-45)85-59(11,12)82-51)22-25-37(66)60-28-16-19-40(69)64-35(23-26-38(67)62-30-18-21-42(71)72)44-32(2)47(75-14)50-53(78-44)84-58(9,10)81-50/h31-36,43-54H,16-30H2,1-15H3,(H,60,66)(H,61,68)(H,62,67)(H,63,70)(H,64,69)(H,65,73)(H,71,72)/t31-,32-,33-,34+,35+,36+,43?,44?,45?,46+,47+,48+,49-,50-,51-,52-,53-,54-/m1/s1. The molecule has 0 spiro atoms. The van der Waals surface area contributed by atoms with Gasteiger partial charge in [0.15, 0.2) is 36.2 Å². The van der Waals surface area contributed by atoms with Crippen molar-refractivity contribution in [3.05, 3.63) is 0 Å². The zero-order valence-electron chi connectivity index (χ0n) is 53.1. The van der Waals surface area contributed by atoms with Crippen LogP contribution in [0.1, 0.15) is 160 Å². The zero-order valence-corrected chi connectivity index (χ0v) is 53.1. The molecule has 0 radical (unpaired) electrons. The second-order valence-corrected chi connectivity index (χ2v) is 25.9. The molecule has 3 unspecified atom stereocenters. The minimum Gasteiger partial charge on any atom is -0.481 e. The number of hydrogen-bond acceptors (Lipinski definition) is 20. The Balaban J connectivity index is 1.02. The molecule has 0 saturated carbocycles. The molecule has 0 aromatic heterocycles. The molecule has 492 valence electrons. The van der Waals surface area contributed by atoms with E-state index in [2.05, 4.69) is 31.9 Å². The van der Waals surface area contributed by atoms with E-state index in [0.717, 1.165) is 0 Å². The minimum atomic E-state index is -0.967. The molecule has 0 aromatic rings. The van der Waals surface area contributed by atoms with Gasteiger partial charge in [0.25, 0.3) is 0 Å². The predicted octanol–water partition coefficient (Wildman–Crippen LogP) is 3.55. The van der Waals surface area contributed by atoms with Gasteiger partial charge in [-0.15, -0.1) is 0 Å². The van der Waals surface area contributed by atoms with Crippen LogP contribution in [-0.2, 0) is 90.3 Å². The number of ether oxygens (including phenoxy) is 13. The van der Waals surface area contributed by atoms with Crippen LogP contribution < -0.4 is 31.9 Å². The van der Waals surface area contributed by atoms with Crippen LogP contribution in [0.3, 0.4) is 0 Å². The fourth-order valence-electron chi connectivity index (χ4n) is 12.5. The van der Waals surface area contributed by atoms with Gasteiger partial charge >= 0.3 is 12.1 Å². The molecule has 27 nitrogen and oxygen atoms in total. The summed E-state index contributed by atoms with van der Waals surface area (Å²) >= 11 is 0. The zero-order chi connectivity index (χ0) is 63.5. The quantitative estimate of drug-likeness (QED) is 0.0506. The number of fused-ring (bicyclic) bond motifs is 3. The molecule has 0 aliphatic carbocycles. The Bertz CT molecular complexity index is 2290. The molecule has 6 saturated heterocycles. The van der Waals surface area contributed by atoms with Crippen molar-refractivity contribution in [2.75, 3.05) is 41.0 Å². The number of nitrogens with one attached hydrogen (secondary N) is 6. The smallest absolute Gasteiger partial charge is 0.407 e. The second-order valence-electron chi connectivity index (χ2n) is 25.9. The van der Waals surface area contributed by atoms with Crippen LogP contribution in [0.4, 0.5) is 4.79 Å². The third-order valence-corrected chi connectivity index (χ3v) is 16.4. The average molecular weight is 1230 g/mol. The molecule has 0 bridgehead atoms. The van der Waals surface area contributed by atoms with Crippen LogP contribution in [0.2, 0.25) is 0 Å². The Morgan fingerprint density at radius 2 is 0.756 bits per heavy atom. The molecule has 6 aliphatic heterocycles. The number of amides is 6. The molecule has 6 heterocycles. The number of aliphatic carboxylic acids is 1. The van der Waals surface area contributed by atoms with Crippen LogP contribution in [0.5, 0.6) is 0 Å². The van der Waals surface area contributed by atoms with Gasteiger partial charge in [0.2, 0.25) is 29.5 Å². The van der Waals surface area contributed by atoms with Crippen molar-refractivity contribution in [2.24, 2.45) is 17.8 Å². The first-order valence-electron chi connectivity index (χ1n) is 30.6. The fourth-order valence-corrected chi connectivity index (χ4v) is 12.5. The predicted molar refractivity (Wildman–Crippen MR) is 305 cm³/mol. The van der Waals surface area contributed by atoms with Crippen LogP contribution in [-0.4, -0.2) is 203 Å². The Labute approximate surface area is 506 Å². The SMILES string of the molecule is CO[C@@H]1[C@H]2OC(C)(C)O[C@H]2OC([C@H](CCC(=O)NCCCC(=O)O)NC(=O)CCCNC(=O)CC[C@H](NC(=O)CCCNC(=O)CC[C@H](NC(=O)OC(C)(C)C)C2O[C@@H]3OC(C)(C)O[C@@H]3[C@@H](OC)[C@@H]2C)C2O[C@@H]3OC(C)(C)O[C@@H]3[C@@H](OC)[C@@H]2C)[C@H]1C. The van der Waals surface area contributed by atoms with Crippen molar-refractivity contribution >= 4 is 41.6 Å². The molecule has 86 heavy (non-hydrogen) atoms. The number of carboxylic acids is 1. The third-order valence-electron chi connectivity index (χ3n) is 16.4. The van der Waals surface area contributed by atoms with Gasteiger partial charge in [0, 0.05) is 97.2 Å². The highest BCUT2D eigenvalue weighted by Crippen LogP contribution is 2.44. The molecule has 6 amide bonds. The van der Waals surface area contributed by atoms with Gasteiger partial charge in [-0.1, -0.05) is 20.8 Å². The molecule has 6 aliphatic rings. The van der Waals surface area contributed by atoms with Crippen molar-refractivity contribution < 1.29 is 100 Å². The summed E-state index contributed by atoms with van der Waals surface area (Å²) in [7, 11) is 4.72. The first-order valence-corrected chi connectivity index (χ1v) is 30.6. The minimum absolute atomic E-state index is 0.00711. The van der Waals surface area contributed by atoms with E-state index in [1.807, 2.05) is 20.8 Å². The lowest BCUT2D eigenvalue weighted by atomic mass is 9.85. The molecular formula is C59H100N6O21. The monoisotopic (exact) mass is 1230 g/mol. The second kappa shape index (κ2) is 30.9. The summed E-state index contributed by atoms with van der Waals surface area (Å²) in [6, 6.07) is -2.03. The van der Waals surface area contributed by atoms with Crippen molar-refractivity contribution in [3.8, 4) is 0 Å². The summed E-state index contributed by atoms with van der Waals surface area (Å²) in [4.78, 5) is 91.5. The maximum Gasteiger partial charge on any atom is 0.407 e. The largest absolute Gasteiger partial charge is 0.481 e. The normalized spacial score (nSPS) is 32.5. The lowest BCUT2D eigenvalue weighted by Gasteiger charge is -2.44. The van der Waals surface area contributed by atoms with Gasteiger partial charge in [-0.3, -0.25) is 28.8 Å². The molecule has 27 heteroatoms. The summed E-state index contributed by atoms with van der Waals surface area (Å²) in [6.07, 6.45) is -6.59. The maximum absolute atomic E-state index is 13.8. The Morgan fingerprint density at radius 3 is 1.05 bits per heavy atom. The van der Waals surface area contributed by atoms with Crippen molar-refractivity contribution in [1.82, 2.24) is 31.9 Å². The van der Waals surface area contributed by atoms with E-state index in [0.29, 0.717) is 0 Å². The van der Waals surface area contributed by atoms with Crippen molar-refractivity contribution in [3.63, 3.8) is 0 Å². The first kappa shape index (κ1) is 70.7. The van der Waals surface area contributed by atoms with Crippen LogP contribution in [0.25, 0.3) is 0 Å². The number of carbonyl (C=O) groups is 7. The highest BCUT2D eigenvalue weighted by Gasteiger charge is 2.58. The highest BCUT2D eigenvalue weighted by molar-refractivity contribution is 5.79. The van der Waals surface area contributed by atoms with Crippen molar-refractivity contribution in [2.45, 2.75) is 275 Å². The van der Waals surface area contributed by atoms with Gasteiger partial charge in [0.05, 0.1) is 54.7 Å². The third kappa shape index (κ3) is 20.1. The van der Waals surface area contributed by atoms with Gasteiger partial charge in [0.1, 0.15) is 23.9 Å². The van der Waals surface area contributed by atoms with Gasteiger partial charge in [-0.2, -0.15) is 0 Å². The van der Waals surface area contributed by atoms with Crippen LogP contribution >= 0.6 is 0 Å². The van der Waals surface area contributed by atoms with Crippen LogP contribution in [0, 0.1) is 17.8 Å². The lowest BCUT2D eigenvalue weighted by molar-refractivity contribution is -0.244. The van der Waals surface area contributed by atoms with E-state index in [4.69, 9.17) is 66.7 Å². The van der Waals surface area contributed by atoms with Gasteiger partial charge < -0.3 is 98.6 Å². The highest BCUT2D eigenvalue weighted by atomic mass is 16.8. The summed E-state index contributed by atoms with van der Waals surface area (Å²) in [5, 5.41) is 26.6. The Morgan fingerprint density at radius 1 is 0.453 bits per heavy atom. The summed E-state index contributed by atoms with van der Waals surface area (Å²) in [6.45, 7) is 22.2. The van der Waals surface area contributed by atoms with E-state index >= 15 is 0 Å². The number of carbonyl (C=O) groups excluding carboxylic acids is 6. The van der Waals surface area contributed by atoms with Crippen molar-refractivity contribution in [1.29, 1.82) is 0 Å². The summed E-state index contributed by atoms with van der Waals surface area (Å²) in [5.74, 6) is -6.31. The first-order chi connectivity index (χ1) is 40.3. The fraction of sp³-hybridized carbons (Fsp3) is 0.881. The van der Waals surface area contributed by atoms with Crippen LogP contribution in [0.15, 0.2) is 0 Å². The molecule has 18 atom stereocenters. The number of methoxy groups -OCH3 is 3. The molecule has 6 fully saturated rings. The van der Waals surface area contributed by atoms with E-state index < -0.39 is 127 Å². The Kier molecular flexibility index (Phi) is 25.4. The number of alkyl carbamates (subject to hydrolysis) is 1. The van der Waals surface area contributed by atoms with Gasteiger partial charge in [-0.05, 0) is 101 Å². The van der Waals surface area contributed by atoms with E-state index in [1.165, 1.54) is 0 Å². The number of carboxylic acid groups (broad SMARTS) is 1. The average Bonchev–Trinajstić information content (AvgIpc) is 2.89. The Hall–Kier alpha value is -4.39. The summed E-state index contributed by atoms with van der Waals surface area (Å²) < 4.78 is 79.3. The molecule has 7 N–H and O–H groups in total. The number of hydrogen-bond donors (Lipinski definition) is 7. The van der Waals surface area contributed by atoms with E-state index in [1.54, 1.807) is 83.6 Å². The summed E-state index contributed by atoms with van der Waals surface area (Å²) in [5.41, 5.74) is -0.782.